The highest BCUT2D eigenvalue weighted by Gasteiger charge is 2.11. The molecule has 0 fully saturated rings. The van der Waals surface area contributed by atoms with Crippen LogP contribution in [-0.4, -0.2) is 4.75 Å². The number of rotatable bonds is 3. The van der Waals surface area contributed by atoms with Crippen LogP contribution in [0.5, 0.6) is 0 Å². The van der Waals surface area contributed by atoms with Gasteiger partial charge in [-0.05, 0) is 36.4 Å². The smallest absolute Gasteiger partial charge is 0.0857 e. The fourth-order valence-corrected chi connectivity index (χ4v) is 2.52. The second kappa shape index (κ2) is 6.02. The van der Waals surface area contributed by atoms with E-state index in [0.29, 0.717) is 0 Å². The molecule has 2 nitrogen and oxygen atoms in total. The molecular weight excluding hydrogens is 252 g/mol. The van der Waals surface area contributed by atoms with Crippen molar-refractivity contribution in [1.82, 2.24) is 0 Å². The molecule has 0 N–H and O–H groups in total. The second-order valence-corrected chi connectivity index (χ2v) is 7.14. The highest BCUT2D eigenvalue weighted by Crippen LogP contribution is 2.32. The van der Waals surface area contributed by atoms with Gasteiger partial charge in [-0.1, -0.05) is 39.0 Å². The fraction of sp³-hybridized carbons (Fsp3) is 0.250. The largest absolute Gasteiger partial charge is 0.151 e. The molecule has 0 aliphatic heterocycles. The molecule has 0 atom stereocenters. The number of azo groups is 1. The number of thioether (sulfide) groups is 1. The van der Waals surface area contributed by atoms with Gasteiger partial charge in [-0.3, -0.25) is 0 Å². The van der Waals surface area contributed by atoms with Gasteiger partial charge < -0.3 is 0 Å². The van der Waals surface area contributed by atoms with Gasteiger partial charge in [-0.2, -0.15) is 10.2 Å². The van der Waals surface area contributed by atoms with Gasteiger partial charge in [0, 0.05) is 9.64 Å². The second-order valence-electron chi connectivity index (χ2n) is 5.24. The average molecular weight is 270 g/mol. The first-order chi connectivity index (χ1) is 9.03. The Morgan fingerprint density at radius 1 is 0.737 bits per heavy atom. The maximum atomic E-state index is 4.23. The molecule has 0 amide bonds. The molecule has 0 spiro atoms. The lowest BCUT2D eigenvalue weighted by molar-refractivity contribution is 0.803. The SMILES string of the molecule is CC(C)(C)Sc1ccc(N=Nc2ccccc2)cc1. The van der Waals surface area contributed by atoms with Crippen LogP contribution in [0, 0.1) is 0 Å². The van der Waals surface area contributed by atoms with Crippen LogP contribution < -0.4 is 0 Å². The lowest BCUT2D eigenvalue weighted by Gasteiger charge is -2.17. The minimum atomic E-state index is 0.229. The van der Waals surface area contributed by atoms with Crippen LogP contribution in [0.2, 0.25) is 0 Å². The van der Waals surface area contributed by atoms with E-state index < -0.39 is 0 Å². The summed E-state index contributed by atoms with van der Waals surface area (Å²) in [5, 5.41) is 8.43. The number of hydrogen-bond acceptors (Lipinski definition) is 3. The Hall–Kier alpha value is -1.61. The van der Waals surface area contributed by atoms with Crippen LogP contribution in [-0.2, 0) is 0 Å². The van der Waals surface area contributed by atoms with Crippen molar-refractivity contribution in [2.75, 3.05) is 0 Å². The lowest BCUT2D eigenvalue weighted by Crippen LogP contribution is -2.06. The lowest BCUT2D eigenvalue weighted by atomic mass is 10.3. The first-order valence-electron chi connectivity index (χ1n) is 6.29. The summed E-state index contributed by atoms with van der Waals surface area (Å²) in [5.74, 6) is 0. The van der Waals surface area contributed by atoms with Gasteiger partial charge in [0.1, 0.15) is 0 Å². The first kappa shape index (κ1) is 13.8. The Morgan fingerprint density at radius 3 is 1.79 bits per heavy atom. The van der Waals surface area contributed by atoms with Gasteiger partial charge >= 0.3 is 0 Å². The molecule has 0 saturated heterocycles. The summed E-state index contributed by atoms with van der Waals surface area (Å²) in [4.78, 5) is 1.26. The molecule has 98 valence electrons. The Balaban J connectivity index is 2.05. The summed E-state index contributed by atoms with van der Waals surface area (Å²) in [6, 6.07) is 17.9. The number of nitrogens with zero attached hydrogens (tertiary/aromatic N) is 2. The minimum absolute atomic E-state index is 0.229. The summed E-state index contributed by atoms with van der Waals surface area (Å²) in [6.07, 6.45) is 0. The zero-order valence-corrected chi connectivity index (χ0v) is 12.3. The Bertz CT molecular complexity index is 539. The summed E-state index contributed by atoms with van der Waals surface area (Å²) in [6.45, 7) is 6.63. The van der Waals surface area contributed by atoms with E-state index in [0.717, 1.165) is 11.4 Å². The van der Waals surface area contributed by atoms with Crippen LogP contribution in [0.15, 0.2) is 69.7 Å². The van der Waals surface area contributed by atoms with Crippen molar-refractivity contribution in [2.24, 2.45) is 10.2 Å². The minimum Gasteiger partial charge on any atom is -0.151 e. The Morgan fingerprint density at radius 2 is 1.26 bits per heavy atom. The topological polar surface area (TPSA) is 24.7 Å². The predicted molar refractivity (Wildman–Crippen MR) is 82.7 cm³/mol. The van der Waals surface area contributed by atoms with E-state index in [1.54, 1.807) is 0 Å². The molecule has 0 saturated carbocycles. The molecular formula is C16H18N2S. The van der Waals surface area contributed by atoms with E-state index >= 15 is 0 Å². The van der Waals surface area contributed by atoms with Crippen molar-refractivity contribution >= 4 is 23.1 Å². The highest BCUT2D eigenvalue weighted by atomic mass is 32.2. The van der Waals surface area contributed by atoms with E-state index in [-0.39, 0.29) is 4.75 Å². The summed E-state index contributed by atoms with van der Waals surface area (Å²) >= 11 is 1.85. The maximum absolute atomic E-state index is 4.23. The van der Waals surface area contributed by atoms with Crippen LogP contribution in [0.3, 0.4) is 0 Å². The zero-order chi connectivity index (χ0) is 13.7. The summed E-state index contributed by atoms with van der Waals surface area (Å²) < 4.78 is 0.229. The maximum Gasteiger partial charge on any atom is 0.0857 e. The molecule has 0 heterocycles. The molecule has 2 aromatic rings. The molecule has 0 radical (unpaired) electrons. The van der Waals surface area contributed by atoms with Gasteiger partial charge in [0.25, 0.3) is 0 Å². The van der Waals surface area contributed by atoms with Crippen LogP contribution >= 0.6 is 11.8 Å². The fourth-order valence-electron chi connectivity index (χ4n) is 1.54. The van der Waals surface area contributed by atoms with Gasteiger partial charge in [0.15, 0.2) is 0 Å². The third-order valence-corrected chi connectivity index (χ3v) is 3.42. The molecule has 0 aliphatic carbocycles. The van der Waals surface area contributed by atoms with Gasteiger partial charge in [-0.25, -0.2) is 0 Å². The molecule has 2 rings (SSSR count). The quantitative estimate of drug-likeness (QED) is 0.496. The summed E-state index contributed by atoms with van der Waals surface area (Å²) in [5.41, 5.74) is 1.75. The summed E-state index contributed by atoms with van der Waals surface area (Å²) in [7, 11) is 0. The number of benzene rings is 2. The Labute approximate surface area is 119 Å². The van der Waals surface area contributed by atoms with Crippen molar-refractivity contribution < 1.29 is 0 Å². The van der Waals surface area contributed by atoms with Crippen LogP contribution in [0.25, 0.3) is 0 Å². The third-order valence-electron chi connectivity index (χ3n) is 2.30. The van der Waals surface area contributed by atoms with Crippen molar-refractivity contribution in [2.45, 2.75) is 30.4 Å². The van der Waals surface area contributed by atoms with Crippen LogP contribution in [0.1, 0.15) is 20.8 Å². The molecule has 3 heteroatoms. The monoisotopic (exact) mass is 270 g/mol. The van der Waals surface area contributed by atoms with Gasteiger partial charge in [-0.15, -0.1) is 11.8 Å². The van der Waals surface area contributed by atoms with E-state index in [2.05, 4.69) is 43.1 Å². The number of hydrogen-bond donors (Lipinski definition) is 0. The predicted octanol–water partition coefficient (Wildman–Crippen LogP) is 5.99. The van der Waals surface area contributed by atoms with Gasteiger partial charge in [0.2, 0.25) is 0 Å². The van der Waals surface area contributed by atoms with Crippen molar-refractivity contribution in [3.05, 3.63) is 54.6 Å². The molecule has 2 aromatic carbocycles. The van der Waals surface area contributed by atoms with Gasteiger partial charge in [0.05, 0.1) is 11.4 Å². The standard InChI is InChI=1S/C16H18N2S/c1-16(2,3)19-15-11-9-14(10-12-15)18-17-13-7-5-4-6-8-13/h4-12H,1-3H3. The van der Waals surface area contributed by atoms with Crippen molar-refractivity contribution in [3.8, 4) is 0 Å². The molecule has 19 heavy (non-hydrogen) atoms. The molecule has 0 unspecified atom stereocenters. The normalized spacial score (nSPS) is 11.9. The zero-order valence-electron chi connectivity index (χ0n) is 11.5. The molecule has 0 bridgehead atoms. The van der Waals surface area contributed by atoms with Crippen molar-refractivity contribution in [1.29, 1.82) is 0 Å². The van der Waals surface area contributed by atoms with E-state index in [9.17, 15) is 0 Å². The molecule has 0 aromatic heterocycles. The van der Waals surface area contributed by atoms with Crippen LogP contribution in [0.4, 0.5) is 11.4 Å². The van der Waals surface area contributed by atoms with Crippen molar-refractivity contribution in [3.63, 3.8) is 0 Å². The van der Waals surface area contributed by atoms with E-state index in [4.69, 9.17) is 0 Å². The molecule has 0 aliphatic rings. The van der Waals surface area contributed by atoms with E-state index in [1.165, 1.54) is 4.90 Å². The Kier molecular flexibility index (Phi) is 4.38. The van der Waals surface area contributed by atoms with E-state index in [1.807, 2.05) is 54.2 Å². The third kappa shape index (κ3) is 4.87. The highest BCUT2D eigenvalue weighted by molar-refractivity contribution is 8.00. The first-order valence-corrected chi connectivity index (χ1v) is 7.10. The average Bonchev–Trinajstić information content (AvgIpc) is 2.37.